The topological polar surface area (TPSA) is 88.4 Å². The maximum Gasteiger partial charge on any atom is 0.311 e. The van der Waals surface area contributed by atoms with Crippen LogP contribution in [0.1, 0.15) is 13.8 Å². The van der Waals surface area contributed by atoms with Crippen molar-refractivity contribution in [3.05, 3.63) is 28.4 Å². The summed E-state index contributed by atoms with van der Waals surface area (Å²) >= 11 is 0. The maximum atomic E-state index is 11.7. The van der Waals surface area contributed by atoms with Gasteiger partial charge in [0.25, 0.3) is 0 Å². The van der Waals surface area contributed by atoms with Crippen LogP contribution in [-0.2, 0) is 4.79 Å². The van der Waals surface area contributed by atoms with Crippen LogP contribution in [0.5, 0.6) is 0 Å². The Morgan fingerprint density at radius 2 is 2.17 bits per heavy atom. The number of likely N-dealkylation sites (N-methyl/N-ethyl adjacent to an activating group) is 1. The van der Waals surface area contributed by atoms with Crippen molar-refractivity contribution < 1.29 is 9.72 Å². The second-order valence-electron chi connectivity index (χ2n) is 3.55. The first-order valence-electron chi connectivity index (χ1n) is 5.71. The first-order chi connectivity index (χ1) is 8.60. The molecule has 0 aliphatic rings. The van der Waals surface area contributed by atoms with Crippen molar-refractivity contribution >= 4 is 17.4 Å². The molecule has 0 saturated heterocycles. The Morgan fingerprint density at radius 3 is 2.72 bits per heavy atom. The first-order valence-corrected chi connectivity index (χ1v) is 5.71. The monoisotopic (exact) mass is 252 g/mol. The summed E-state index contributed by atoms with van der Waals surface area (Å²) in [4.78, 5) is 27.4. The van der Waals surface area contributed by atoms with E-state index in [9.17, 15) is 14.9 Å². The Hall–Kier alpha value is -2.18. The lowest BCUT2D eigenvalue weighted by Crippen LogP contribution is -2.35. The molecule has 18 heavy (non-hydrogen) atoms. The summed E-state index contributed by atoms with van der Waals surface area (Å²) in [7, 11) is 0. The summed E-state index contributed by atoms with van der Waals surface area (Å²) in [6.45, 7) is 4.98. The summed E-state index contributed by atoms with van der Waals surface area (Å²) < 4.78 is 0. The van der Waals surface area contributed by atoms with Crippen molar-refractivity contribution in [1.82, 2.24) is 9.88 Å². The van der Waals surface area contributed by atoms with Crippen LogP contribution in [-0.4, -0.2) is 40.3 Å². The Balaban J connectivity index is 2.69. The molecule has 1 amide bonds. The van der Waals surface area contributed by atoms with E-state index >= 15 is 0 Å². The number of hydrogen-bond acceptors (Lipinski definition) is 5. The molecule has 0 aromatic carbocycles. The molecule has 0 aliphatic heterocycles. The Morgan fingerprint density at radius 1 is 1.50 bits per heavy atom. The van der Waals surface area contributed by atoms with Gasteiger partial charge in [0, 0.05) is 25.4 Å². The van der Waals surface area contributed by atoms with Crippen LogP contribution >= 0.6 is 0 Å². The van der Waals surface area contributed by atoms with E-state index in [1.165, 1.54) is 18.3 Å². The van der Waals surface area contributed by atoms with E-state index < -0.39 is 4.92 Å². The average Bonchev–Trinajstić information content (AvgIpc) is 2.38. The second kappa shape index (κ2) is 6.53. The molecule has 1 aromatic heterocycles. The van der Waals surface area contributed by atoms with Gasteiger partial charge in [0.05, 0.1) is 11.5 Å². The molecule has 1 aromatic rings. The highest BCUT2D eigenvalue weighted by atomic mass is 16.6. The number of rotatable bonds is 6. The van der Waals surface area contributed by atoms with Gasteiger partial charge in [0.1, 0.15) is 0 Å². The highest BCUT2D eigenvalue weighted by Gasteiger charge is 2.16. The van der Waals surface area contributed by atoms with Crippen molar-refractivity contribution in [2.45, 2.75) is 13.8 Å². The van der Waals surface area contributed by atoms with E-state index in [0.29, 0.717) is 13.1 Å². The third-order valence-corrected chi connectivity index (χ3v) is 2.51. The predicted octanol–water partition coefficient (Wildman–Crippen LogP) is 1.27. The minimum absolute atomic E-state index is 0.000463. The van der Waals surface area contributed by atoms with Gasteiger partial charge in [-0.15, -0.1) is 0 Å². The first kappa shape index (κ1) is 13.9. The zero-order valence-corrected chi connectivity index (χ0v) is 10.4. The van der Waals surface area contributed by atoms with Gasteiger partial charge in [-0.1, -0.05) is 0 Å². The van der Waals surface area contributed by atoms with Crippen molar-refractivity contribution in [1.29, 1.82) is 0 Å². The highest BCUT2D eigenvalue weighted by molar-refractivity contribution is 5.81. The molecule has 0 atom stereocenters. The van der Waals surface area contributed by atoms with Crippen LogP contribution in [0.3, 0.4) is 0 Å². The molecule has 7 heteroatoms. The zero-order valence-electron chi connectivity index (χ0n) is 10.4. The number of hydrogen-bond donors (Lipinski definition) is 1. The van der Waals surface area contributed by atoms with Crippen LogP contribution in [0.25, 0.3) is 0 Å². The summed E-state index contributed by atoms with van der Waals surface area (Å²) in [6, 6.07) is 2.83. The van der Waals surface area contributed by atoms with Crippen LogP contribution < -0.4 is 5.32 Å². The van der Waals surface area contributed by atoms with E-state index in [2.05, 4.69) is 10.3 Å². The van der Waals surface area contributed by atoms with E-state index in [0.717, 1.165) is 0 Å². The Kier molecular flexibility index (Phi) is 5.04. The van der Waals surface area contributed by atoms with Crippen molar-refractivity contribution in [2.75, 3.05) is 25.0 Å². The average molecular weight is 252 g/mol. The highest BCUT2D eigenvalue weighted by Crippen LogP contribution is 2.19. The molecule has 1 N–H and O–H groups in total. The molecule has 0 saturated carbocycles. The van der Waals surface area contributed by atoms with Crippen LogP contribution in [0, 0.1) is 10.1 Å². The molecule has 0 unspecified atom stereocenters. The standard InChI is InChI=1S/C11H16N4O3/c1-3-14(4-2)10(16)8-13-11-9(15(17)18)6-5-7-12-11/h5-7H,3-4,8H2,1-2H3,(H,12,13). The van der Waals surface area contributed by atoms with Gasteiger partial charge in [-0.3, -0.25) is 14.9 Å². The number of anilines is 1. The third kappa shape index (κ3) is 3.41. The maximum absolute atomic E-state index is 11.7. The quantitative estimate of drug-likeness (QED) is 0.608. The minimum Gasteiger partial charge on any atom is -0.355 e. The summed E-state index contributed by atoms with van der Waals surface area (Å²) in [5.41, 5.74) is -0.134. The van der Waals surface area contributed by atoms with Crippen molar-refractivity contribution in [3.63, 3.8) is 0 Å². The Labute approximate surface area is 105 Å². The van der Waals surface area contributed by atoms with Gasteiger partial charge in [0.15, 0.2) is 0 Å². The molecule has 98 valence electrons. The molecule has 0 radical (unpaired) electrons. The number of pyridine rings is 1. The third-order valence-electron chi connectivity index (χ3n) is 2.51. The van der Waals surface area contributed by atoms with Gasteiger partial charge < -0.3 is 10.2 Å². The smallest absolute Gasteiger partial charge is 0.311 e. The van der Waals surface area contributed by atoms with Crippen LogP contribution in [0.15, 0.2) is 18.3 Å². The van der Waals surface area contributed by atoms with Gasteiger partial charge in [0.2, 0.25) is 11.7 Å². The normalized spacial score (nSPS) is 9.89. The van der Waals surface area contributed by atoms with E-state index in [-0.39, 0.29) is 24.0 Å². The molecule has 0 bridgehead atoms. The van der Waals surface area contributed by atoms with Crippen molar-refractivity contribution in [2.24, 2.45) is 0 Å². The molecule has 1 heterocycles. The number of nitro groups is 1. The van der Waals surface area contributed by atoms with Gasteiger partial charge in [-0.05, 0) is 19.9 Å². The molecule has 1 rings (SSSR count). The van der Waals surface area contributed by atoms with E-state index in [1.54, 1.807) is 4.90 Å². The Bertz CT molecular complexity index is 432. The lowest BCUT2D eigenvalue weighted by molar-refractivity contribution is -0.384. The molecular weight excluding hydrogens is 236 g/mol. The SMILES string of the molecule is CCN(CC)C(=O)CNc1ncccc1[N+](=O)[O-]. The van der Waals surface area contributed by atoms with Gasteiger partial charge in [-0.2, -0.15) is 0 Å². The fraction of sp³-hybridized carbons (Fsp3) is 0.455. The number of amides is 1. The summed E-state index contributed by atoms with van der Waals surface area (Å²) in [6.07, 6.45) is 1.44. The van der Waals surface area contributed by atoms with Gasteiger partial charge in [-0.25, -0.2) is 4.98 Å². The summed E-state index contributed by atoms with van der Waals surface area (Å²) in [5, 5.41) is 13.4. The zero-order chi connectivity index (χ0) is 13.5. The number of carbonyl (C=O) groups excluding carboxylic acids is 1. The molecular formula is C11H16N4O3. The van der Waals surface area contributed by atoms with Crippen molar-refractivity contribution in [3.8, 4) is 0 Å². The number of aromatic nitrogens is 1. The molecule has 0 fully saturated rings. The predicted molar refractivity (Wildman–Crippen MR) is 67.3 cm³/mol. The lowest BCUT2D eigenvalue weighted by Gasteiger charge is -2.18. The molecule has 7 nitrogen and oxygen atoms in total. The minimum atomic E-state index is -0.531. The largest absolute Gasteiger partial charge is 0.355 e. The van der Waals surface area contributed by atoms with Crippen LogP contribution in [0.2, 0.25) is 0 Å². The second-order valence-corrected chi connectivity index (χ2v) is 3.55. The number of nitrogens with zero attached hydrogens (tertiary/aromatic N) is 3. The van der Waals surface area contributed by atoms with E-state index in [4.69, 9.17) is 0 Å². The summed E-state index contributed by atoms with van der Waals surface area (Å²) in [5.74, 6) is 0.00274. The van der Waals surface area contributed by atoms with Gasteiger partial charge >= 0.3 is 5.69 Å². The lowest BCUT2D eigenvalue weighted by atomic mass is 10.4. The van der Waals surface area contributed by atoms with E-state index in [1.807, 2.05) is 13.8 Å². The van der Waals surface area contributed by atoms with Crippen LogP contribution in [0.4, 0.5) is 11.5 Å². The fourth-order valence-corrected chi connectivity index (χ4v) is 1.53. The molecule has 0 spiro atoms. The molecule has 0 aliphatic carbocycles. The fourth-order valence-electron chi connectivity index (χ4n) is 1.53. The number of carbonyl (C=O) groups is 1. The number of nitrogens with one attached hydrogen (secondary N) is 1.